The zero-order chi connectivity index (χ0) is 21.5. The summed E-state index contributed by atoms with van der Waals surface area (Å²) in [5.74, 6) is 0.460. The molecule has 2 N–H and O–H groups in total. The number of rotatable bonds is 7. The lowest BCUT2D eigenvalue weighted by molar-refractivity contribution is 0.0929. The fraction of sp³-hybridized carbons (Fsp3) is 0.417. The van der Waals surface area contributed by atoms with Crippen LogP contribution in [0.25, 0.3) is 0 Å². The average molecular weight is 428 g/mol. The molecule has 1 aliphatic rings. The quantitative estimate of drug-likeness (QED) is 0.683. The third-order valence-electron chi connectivity index (χ3n) is 5.43. The summed E-state index contributed by atoms with van der Waals surface area (Å²) in [5, 5.41) is 6.77. The van der Waals surface area contributed by atoms with E-state index in [4.69, 9.17) is 11.6 Å². The van der Waals surface area contributed by atoms with E-state index in [9.17, 15) is 9.59 Å². The van der Waals surface area contributed by atoms with Gasteiger partial charge in [0.1, 0.15) is 0 Å². The lowest BCUT2D eigenvalue weighted by atomic mass is 10.0. The third kappa shape index (κ3) is 5.99. The third-order valence-corrected chi connectivity index (χ3v) is 5.69. The minimum Gasteiger partial charge on any atom is -0.371 e. The Kier molecular flexibility index (Phi) is 7.75. The molecule has 3 rings (SSSR count). The SMILES string of the molecule is CC(C)CCNC(=O)c1ccccc1N1CCC(NC(=O)c2ccc(Cl)cc2)CC1. The molecule has 2 aromatic carbocycles. The van der Waals surface area contributed by atoms with Crippen LogP contribution in [0.4, 0.5) is 5.69 Å². The summed E-state index contributed by atoms with van der Waals surface area (Å²) in [6, 6.07) is 14.8. The van der Waals surface area contributed by atoms with Crippen molar-refractivity contribution in [1.82, 2.24) is 10.6 Å². The molecular weight excluding hydrogens is 398 g/mol. The van der Waals surface area contributed by atoms with Crippen LogP contribution in [0.1, 0.15) is 53.8 Å². The van der Waals surface area contributed by atoms with E-state index in [-0.39, 0.29) is 17.9 Å². The highest BCUT2D eigenvalue weighted by atomic mass is 35.5. The van der Waals surface area contributed by atoms with Crippen LogP contribution in [0.3, 0.4) is 0 Å². The van der Waals surface area contributed by atoms with Crippen LogP contribution in [0.5, 0.6) is 0 Å². The summed E-state index contributed by atoms with van der Waals surface area (Å²) >= 11 is 5.89. The number of anilines is 1. The number of nitrogens with zero attached hydrogens (tertiary/aromatic N) is 1. The first-order valence-electron chi connectivity index (χ1n) is 10.6. The van der Waals surface area contributed by atoms with Gasteiger partial charge in [-0.3, -0.25) is 9.59 Å². The minimum atomic E-state index is -0.0740. The Morgan fingerprint density at radius 3 is 2.37 bits per heavy atom. The smallest absolute Gasteiger partial charge is 0.253 e. The van der Waals surface area contributed by atoms with Gasteiger partial charge < -0.3 is 15.5 Å². The van der Waals surface area contributed by atoms with E-state index in [1.807, 2.05) is 24.3 Å². The van der Waals surface area contributed by atoms with Crippen LogP contribution >= 0.6 is 11.6 Å². The first-order valence-corrected chi connectivity index (χ1v) is 11.0. The highest BCUT2D eigenvalue weighted by molar-refractivity contribution is 6.30. The number of nitrogens with one attached hydrogen (secondary N) is 2. The molecule has 1 heterocycles. The molecule has 6 heteroatoms. The Bertz CT molecular complexity index is 859. The normalized spacial score (nSPS) is 14.6. The topological polar surface area (TPSA) is 61.4 Å². The number of carbonyl (C=O) groups excluding carboxylic acids is 2. The molecule has 160 valence electrons. The molecule has 0 aromatic heterocycles. The monoisotopic (exact) mass is 427 g/mol. The summed E-state index contributed by atoms with van der Waals surface area (Å²) in [5.41, 5.74) is 2.29. The van der Waals surface area contributed by atoms with E-state index >= 15 is 0 Å². The van der Waals surface area contributed by atoms with Gasteiger partial charge in [-0.2, -0.15) is 0 Å². The molecule has 1 fully saturated rings. The van der Waals surface area contributed by atoms with Gasteiger partial charge in [0.15, 0.2) is 0 Å². The number of halogens is 1. The molecule has 0 atom stereocenters. The molecule has 1 saturated heterocycles. The summed E-state index contributed by atoms with van der Waals surface area (Å²) in [6.07, 6.45) is 2.64. The van der Waals surface area contributed by atoms with Gasteiger partial charge in [-0.25, -0.2) is 0 Å². The van der Waals surface area contributed by atoms with Crippen molar-refractivity contribution in [2.24, 2.45) is 5.92 Å². The molecule has 0 unspecified atom stereocenters. The largest absolute Gasteiger partial charge is 0.371 e. The van der Waals surface area contributed by atoms with Crippen molar-refractivity contribution in [3.05, 3.63) is 64.7 Å². The number of benzene rings is 2. The van der Waals surface area contributed by atoms with Gasteiger partial charge in [0, 0.05) is 41.9 Å². The number of amides is 2. The summed E-state index contributed by atoms with van der Waals surface area (Å²) in [7, 11) is 0. The van der Waals surface area contributed by atoms with Crippen molar-refractivity contribution in [3.63, 3.8) is 0 Å². The molecule has 2 amide bonds. The molecule has 0 spiro atoms. The molecule has 0 bridgehead atoms. The summed E-state index contributed by atoms with van der Waals surface area (Å²) in [6.45, 7) is 6.57. The van der Waals surface area contributed by atoms with Crippen molar-refractivity contribution in [3.8, 4) is 0 Å². The Labute approximate surface area is 183 Å². The number of para-hydroxylation sites is 1. The molecular formula is C24H30ClN3O2. The van der Waals surface area contributed by atoms with Gasteiger partial charge in [0.25, 0.3) is 11.8 Å². The van der Waals surface area contributed by atoms with Crippen LogP contribution in [-0.4, -0.2) is 37.5 Å². The second-order valence-electron chi connectivity index (χ2n) is 8.20. The Hall–Kier alpha value is -2.53. The van der Waals surface area contributed by atoms with Crippen molar-refractivity contribution in [2.75, 3.05) is 24.5 Å². The van der Waals surface area contributed by atoms with Crippen LogP contribution in [-0.2, 0) is 0 Å². The van der Waals surface area contributed by atoms with E-state index in [0.29, 0.717) is 28.6 Å². The molecule has 5 nitrogen and oxygen atoms in total. The van der Waals surface area contributed by atoms with Gasteiger partial charge in [-0.15, -0.1) is 0 Å². The van der Waals surface area contributed by atoms with Crippen molar-refractivity contribution < 1.29 is 9.59 Å². The van der Waals surface area contributed by atoms with Crippen LogP contribution in [0, 0.1) is 5.92 Å². The number of carbonyl (C=O) groups is 2. The molecule has 30 heavy (non-hydrogen) atoms. The predicted molar refractivity (Wildman–Crippen MR) is 122 cm³/mol. The standard InChI is InChI=1S/C24H30ClN3O2/c1-17(2)11-14-26-24(30)21-5-3-4-6-22(21)28-15-12-20(13-16-28)27-23(29)18-7-9-19(25)10-8-18/h3-10,17,20H,11-16H2,1-2H3,(H,26,30)(H,27,29). The summed E-state index contributed by atoms with van der Waals surface area (Å²) < 4.78 is 0. The molecule has 0 radical (unpaired) electrons. The molecule has 0 saturated carbocycles. The van der Waals surface area contributed by atoms with Gasteiger partial charge in [-0.1, -0.05) is 37.6 Å². The van der Waals surface area contributed by atoms with Crippen LogP contribution in [0.15, 0.2) is 48.5 Å². The maximum Gasteiger partial charge on any atom is 0.253 e. The minimum absolute atomic E-state index is 0.0237. The zero-order valence-electron chi connectivity index (χ0n) is 17.7. The van der Waals surface area contributed by atoms with Crippen LogP contribution in [0.2, 0.25) is 5.02 Å². The van der Waals surface area contributed by atoms with Crippen molar-refractivity contribution in [2.45, 2.75) is 39.2 Å². The van der Waals surface area contributed by atoms with E-state index in [0.717, 1.165) is 38.0 Å². The van der Waals surface area contributed by atoms with Crippen LogP contribution < -0.4 is 15.5 Å². The lowest BCUT2D eigenvalue weighted by Gasteiger charge is -2.35. The predicted octanol–water partition coefficient (Wildman–Crippen LogP) is 4.51. The number of hydrogen-bond donors (Lipinski definition) is 2. The highest BCUT2D eigenvalue weighted by Gasteiger charge is 2.24. The second kappa shape index (κ2) is 10.5. The second-order valence-corrected chi connectivity index (χ2v) is 8.63. The number of piperidine rings is 1. The maximum absolute atomic E-state index is 12.7. The average Bonchev–Trinajstić information content (AvgIpc) is 2.74. The van der Waals surface area contributed by atoms with Gasteiger partial charge in [-0.05, 0) is 61.6 Å². The zero-order valence-corrected chi connectivity index (χ0v) is 18.4. The fourth-order valence-electron chi connectivity index (χ4n) is 3.65. The van der Waals surface area contributed by atoms with Crippen molar-refractivity contribution >= 4 is 29.1 Å². The Morgan fingerprint density at radius 1 is 1.03 bits per heavy atom. The van der Waals surface area contributed by atoms with E-state index in [1.165, 1.54) is 0 Å². The first-order chi connectivity index (χ1) is 14.4. The fourth-order valence-corrected chi connectivity index (χ4v) is 3.77. The van der Waals surface area contributed by atoms with Gasteiger partial charge in [0.2, 0.25) is 0 Å². The van der Waals surface area contributed by atoms with E-state index in [2.05, 4.69) is 29.4 Å². The highest BCUT2D eigenvalue weighted by Crippen LogP contribution is 2.24. The molecule has 0 aliphatic carbocycles. The Morgan fingerprint density at radius 2 is 1.70 bits per heavy atom. The molecule has 1 aliphatic heterocycles. The maximum atomic E-state index is 12.7. The summed E-state index contributed by atoms with van der Waals surface area (Å²) in [4.78, 5) is 27.4. The first kappa shape index (κ1) is 22.2. The van der Waals surface area contributed by atoms with Gasteiger partial charge >= 0.3 is 0 Å². The van der Waals surface area contributed by atoms with E-state index < -0.39 is 0 Å². The van der Waals surface area contributed by atoms with E-state index in [1.54, 1.807) is 24.3 Å². The van der Waals surface area contributed by atoms with Gasteiger partial charge in [0.05, 0.1) is 5.56 Å². The molecule has 2 aromatic rings. The Balaban J connectivity index is 1.56. The lowest BCUT2D eigenvalue weighted by Crippen LogP contribution is -2.45. The number of hydrogen-bond acceptors (Lipinski definition) is 3. The van der Waals surface area contributed by atoms with Crippen molar-refractivity contribution in [1.29, 1.82) is 0 Å².